The average molecular weight is 348 g/mol. The molecule has 0 saturated carbocycles. The minimum atomic E-state index is 0.268. The summed E-state index contributed by atoms with van der Waals surface area (Å²) in [6.45, 7) is 9.50. The fourth-order valence-corrected chi connectivity index (χ4v) is 2.42. The Morgan fingerprint density at radius 1 is 1.12 bits per heavy atom. The van der Waals surface area contributed by atoms with Gasteiger partial charge < -0.3 is 19.7 Å². The third-order valence-electron chi connectivity index (χ3n) is 3.89. The summed E-state index contributed by atoms with van der Waals surface area (Å²) < 4.78 is 10.6. The fraction of sp³-hybridized carbons (Fsp3) is 0.647. The molecule has 0 aliphatic rings. The predicted molar refractivity (Wildman–Crippen MR) is 95.6 cm³/mol. The molecule has 2 aromatic heterocycles. The molecule has 0 atom stereocenters. The van der Waals surface area contributed by atoms with Crippen molar-refractivity contribution in [2.24, 2.45) is 4.99 Å². The molecule has 0 radical (unpaired) electrons. The number of nitrogens with one attached hydrogen (secondary N) is 2. The van der Waals surface area contributed by atoms with Gasteiger partial charge >= 0.3 is 0 Å². The Kier molecular flexibility index (Phi) is 6.97. The van der Waals surface area contributed by atoms with Crippen molar-refractivity contribution < 1.29 is 9.05 Å². The third kappa shape index (κ3) is 5.04. The zero-order valence-corrected chi connectivity index (χ0v) is 15.7. The van der Waals surface area contributed by atoms with Gasteiger partial charge in [0, 0.05) is 44.5 Å². The lowest BCUT2D eigenvalue weighted by atomic mass is 10.1. The van der Waals surface area contributed by atoms with Crippen LogP contribution in [0.3, 0.4) is 0 Å². The quantitative estimate of drug-likeness (QED) is 0.557. The van der Waals surface area contributed by atoms with Crippen LogP contribution < -0.4 is 10.6 Å². The SMILES string of the molecule is CCc1noc(CC)c1CNC(=NC)NCCc1nc(C(C)C)no1. The van der Waals surface area contributed by atoms with Gasteiger partial charge in [-0.15, -0.1) is 0 Å². The maximum absolute atomic E-state index is 5.38. The zero-order chi connectivity index (χ0) is 18.2. The van der Waals surface area contributed by atoms with Gasteiger partial charge in [0.25, 0.3) is 0 Å². The van der Waals surface area contributed by atoms with Crippen molar-refractivity contribution in [3.63, 3.8) is 0 Å². The lowest BCUT2D eigenvalue weighted by Crippen LogP contribution is -2.38. The van der Waals surface area contributed by atoms with Crippen molar-refractivity contribution in [2.75, 3.05) is 13.6 Å². The van der Waals surface area contributed by atoms with E-state index in [1.54, 1.807) is 7.05 Å². The molecule has 0 aliphatic carbocycles. The molecule has 0 aliphatic heterocycles. The van der Waals surface area contributed by atoms with Crippen LogP contribution in [0.25, 0.3) is 0 Å². The lowest BCUT2D eigenvalue weighted by molar-refractivity contribution is 0.371. The van der Waals surface area contributed by atoms with Crippen LogP contribution in [0.2, 0.25) is 0 Å². The summed E-state index contributed by atoms with van der Waals surface area (Å²) in [5.74, 6) is 3.28. The highest BCUT2D eigenvalue weighted by atomic mass is 16.5. The van der Waals surface area contributed by atoms with E-state index in [-0.39, 0.29) is 5.92 Å². The van der Waals surface area contributed by atoms with Crippen LogP contribution in [0.5, 0.6) is 0 Å². The van der Waals surface area contributed by atoms with E-state index in [0.29, 0.717) is 31.4 Å². The van der Waals surface area contributed by atoms with Crippen LogP contribution in [0.15, 0.2) is 14.0 Å². The number of aromatic nitrogens is 3. The molecule has 2 rings (SSSR count). The van der Waals surface area contributed by atoms with Crippen molar-refractivity contribution in [3.05, 3.63) is 28.7 Å². The van der Waals surface area contributed by atoms with Gasteiger partial charge in [0.15, 0.2) is 11.8 Å². The van der Waals surface area contributed by atoms with Crippen LogP contribution in [-0.2, 0) is 25.8 Å². The Hall–Kier alpha value is -2.38. The molecule has 2 heterocycles. The highest BCUT2D eigenvalue weighted by Crippen LogP contribution is 2.15. The third-order valence-corrected chi connectivity index (χ3v) is 3.89. The van der Waals surface area contributed by atoms with Crippen LogP contribution in [0.1, 0.15) is 62.3 Å². The topological polar surface area (TPSA) is 101 Å². The van der Waals surface area contributed by atoms with E-state index in [1.165, 1.54) is 0 Å². The number of hydrogen-bond donors (Lipinski definition) is 2. The largest absolute Gasteiger partial charge is 0.361 e. The first-order valence-corrected chi connectivity index (χ1v) is 8.82. The molecule has 0 fully saturated rings. The summed E-state index contributed by atoms with van der Waals surface area (Å²) in [4.78, 5) is 8.61. The summed E-state index contributed by atoms with van der Waals surface area (Å²) in [5.41, 5.74) is 2.11. The number of aliphatic imine (C=N–C) groups is 1. The first-order chi connectivity index (χ1) is 12.1. The summed E-state index contributed by atoms with van der Waals surface area (Å²) in [6.07, 6.45) is 2.32. The van der Waals surface area contributed by atoms with Gasteiger partial charge in [0.1, 0.15) is 5.76 Å². The molecule has 8 nitrogen and oxygen atoms in total. The van der Waals surface area contributed by atoms with Gasteiger partial charge in [0.05, 0.1) is 5.69 Å². The van der Waals surface area contributed by atoms with Crippen LogP contribution >= 0.6 is 0 Å². The molecule has 0 unspecified atom stereocenters. The van der Waals surface area contributed by atoms with Gasteiger partial charge in [-0.05, 0) is 6.42 Å². The van der Waals surface area contributed by atoms with Crippen molar-refractivity contribution in [1.82, 2.24) is 25.9 Å². The maximum Gasteiger partial charge on any atom is 0.228 e. The number of aryl methyl sites for hydroxylation is 2. The second-order valence-corrected chi connectivity index (χ2v) is 6.04. The molecule has 138 valence electrons. The molecule has 0 spiro atoms. The summed E-state index contributed by atoms with van der Waals surface area (Å²) in [7, 11) is 1.74. The monoisotopic (exact) mass is 348 g/mol. The standard InChI is InChI=1S/C17H28N6O2/c1-6-13-12(14(7-2)24-22-13)10-20-17(18-5)19-9-8-15-21-16(11(3)4)23-25-15/h11H,6-10H2,1-5H3,(H2,18,19,20). The minimum Gasteiger partial charge on any atom is -0.361 e. The molecule has 25 heavy (non-hydrogen) atoms. The van der Waals surface area contributed by atoms with Crippen molar-refractivity contribution in [3.8, 4) is 0 Å². The Morgan fingerprint density at radius 2 is 1.92 bits per heavy atom. The Balaban J connectivity index is 1.83. The van der Waals surface area contributed by atoms with Gasteiger partial charge in [0.2, 0.25) is 5.89 Å². The molecular weight excluding hydrogens is 320 g/mol. The molecule has 2 aromatic rings. The lowest BCUT2D eigenvalue weighted by Gasteiger charge is -2.11. The van der Waals surface area contributed by atoms with Crippen molar-refractivity contribution >= 4 is 5.96 Å². The zero-order valence-electron chi connectivity index (χ0n) is 15.7. The van der Waals surface area contributed by atoms with Crippen molar-refractivity contribution in [1.29, 1.82) is 0 Å². The summed E-state index contributed by atoms with van der Waals surface area (Å²) in [5, 5.41) is 14.6. The molecule has 2 N–H and O–H groups in total. The van der Waals surface area contributed by atoms with E-state index >= 15 is 0 Å². The van der Waals surface area contributed by atoms with E-state index in [1.807, 2.05) is 13.8 Å². The number of guanidine groups is 1. The summed E-state index contributed by atoms with van der Waals surface area (Å²) in [6, 6.07) is 0. The Morgan fingerprint density at radius 3 is 2.52 bits per heavy atom. The highest BCUT2D eigenvalue weighted by molar-refractivity contribution is 5.79. The van der Waals surface area contributed by atoms with E-state index in [4.69, 9.17) is 9.05 Å². The molecule has 0 amide bonds. The van der Waals surface area contributed by atoms with E-state index < -0.39 is 0 Å². The van der Waals surface area contributed by atoms with Crippen molar-refractivity contribution in [2.45, 2.75) is 59.4 Å². The number of nitrogens with zero attached hydrogens (tertiary/aromatic N) is 4. The average Bonchev–Trinajstić information content (AvgIpc) is 3.24. The minimum absolute atomic E-state index is 0.268. The maximum atomic E-state index is 5.38. The van der Waals surface area contributed by atoms with E-state index in [0.717, 1.165) is 35.7 Å². The Labute approximate surface area is 148 Å². The number of rotatable bonds is 8. The summed E-state index contributed by atoms with van der Waals surface area (Å²) >= 11 is 0. The second-order valence-electron chi connectivity index (χ2n) is 6.04. The molecule has 0 aromatic carbocycles. The molecule has 8 heteroatoms. The van der Waals surface area contributed by atoms with E-state index in [9.17, 15) is 0 Å². The number of hydrogen-bond acceptors (Lipinski definition) is 6. The molecule has 0 saturated heterocycles. The normalized spacial score (nSPS) is 12.0. The first-order valence-electron chi connectivity index (χ1n) is 8.82. The predicted octanol–water partition coefficient (Wildman–Crippen LogP) is 2.21. The van der Waals surface area contributed by atoms with Crippen LogP contribution in [0.4, 0.5) is 0 Å². The van der Waals surface area contributed by atoms with Crippen LogP contribution in [-0.4, -0.2) is 34.8 Å². The second kappa shape index (κ2) is 9.19. The van der Waals surface area contributed by atoms with Gasteiger partial charge in [-0.1, -0.05) is 38.0 Å². The van der Waals surface area contributed by atoms with Crippen LogP contribution in [0, 0.1) is 0 Å². The van der Waals surface area contributed by atoms with E-state index in [2.05, 4.69) is 44.8 Å². The Bertz CT molecular complexity index is 668. The van der Waals surface area contributed by atoms with Gasteiger partial charge in [-0.25, -0.2) is 0 Å². The fourth-order valence-electron chi connectivity index (χ4n) is 2.42. The highest BCUT2D eigenvalue weighted by Gasteiger charge is 2.14. The first kappa shape index (κ1) is 19.0. The molecule has 0 bridgehead atoms. The van der Waals surface area contributed by atoms with Gasteiger partial charge in [-0.2, -0.15) is 4.98 Å². The van der Waals surface area contributed by atoms with Gasteiger partial charge in [-0.3, -0.25) is 4.99 Å². The smallest absolute Gasteiger partial charge is 0.228 e. The molecular formula is C17H28N6O2.